The van der Waals surface area contributed by atoms with Gasteiger partial charge in [0, 0.05) is 26.7 Å². The van der Waals surface area contributed by atoms with E-state index in [-0.39, 0.29) is 0 Å². The molecule has 1 unspecified atom stereocenters. The van der Waals surface area contributed by atoms with E-state index in [2.05, 4.69) is 42.9 Å². The van der Waals surface area contributed by atoms with Crippen molar-refractivity contribution in [1.29, 1.82) is 0 Å². The van der Waals surface area contributed by atoms with Gasteiger partial charge in [-0.25, -0.2) is 0 Å². The summed E-state index contributed by atoms with van der Waals surface area (Å²) >= 11 is 0. The predicted octanol–water partition coefficient (Wildman–Crippen LogP) is 2.98. The third-order valence-electron chi connectivity index (χ3n) is 3.61. The van der Waals surface area contributed by atoms with Crippen LogP contribution in [0.4, 0.5) is 0 Å². The predicted molar refractivity (Wildman–Crippen MR) is 80.0 cm³/mol. The van der Waals surface area contributed by atoms with Gasteiger partial charge in [-0.1, -0.05) is 27.7 Å². The van der Waals surface area contributed by atoms with Gasteiger partial charge in [0.05, 0.1) is 0 Å². The molecule has 3 heteroatoms. The summed E-state index contributed by atoms with van der Waals surface area (Å²) in [5, 5.41) is 3.49. The van der Waals surface area contributed by atoms with Crippen molar-refractivity contribution < 1.29 is 0 Å². The zero-order valence-electron chi connectivity index (χ0n) is 12.9. The molecule has 18 heavy (non-hydrogen) atoms. The van der Waals surface area contributed by atoms with Gasteiger partial charge in [0.2, 0.25) is 0 Å². The molecule has 0 aromatic rings. The number of likely N-dealkylation sites (tertiary alicyclic amines) is 1. The Bertz CT molecular complexity index is 258. The average molecular weight is 253 g/mol. The van der Waals surface area contributed by atoms with Crippen molar-refractivity contribution in [3.05, 3.63) is 0 Å². The summed E-state index contributed by atoms with van der Waals surface area (Å²) in [6.07, 6.45) is 3.88. The number of aliphatic imine (C=N–C) groups is 1. The third kappa shape index (κ3) is 5.28. The number of nitrogens with zero attached hydrogens (tertiary/aromatic N) is 2. The molecule has 1 aliphatic rings. The van der Waals surface area contributed by atoms with Crippen LogP contribution in [0.15, 0.2) is 4.99 Å². The van der Waals surface area contributed by atoms with E-state index in [0.717, 1.165) is 30.3 Å². The average Bonchev–Trinajstić information content (AvgIpc) is 2.71. The number of hydrogen-bond acceptors (Lipinski definition) is 1. The van der Waals surface area contributed by atoms with Gasteiger partial charge in [-0.3, -0.25) is 4.99 Å². The normalized spacial score (nSPS) is 21.2. The molecule has 0 aliphatic carbocycles. The van der Waals surface area contributed by atoms with Crippen LogP contribution in [0.25, 0.3) is 0 Å². The smallest absolute Gasteiger partial charge is 0.193 e. The first kappa shape index (κ1) is 15.3. The SMILES string of the molecule is CN=C(NCCC(C)C)N1CCC(CC(C)C)C1. The van der Waals surface area contributed by atoms with Gasteiger partial charge in [-0.2, -0.15) is 0 Å². The van der Waals surface area contributed by atoms with Crippen molar-refractivity contribution in [3.63, 3.8) is 0 Å². The Morgan fingerprint density at radius 3 is 2.56 bits per heavy atom. The summed E-state index contributed by atoms with van der Waals surface area (Å²) in [7, 11) is 1.90. The second-order valence-electron chi connectivity index (χ2n) is 6.39. The Labute approximate surface area is 113 Å². The molecule has 0 amide bonds. The monoisotopic (exact) mass is 253 g/mol. The van der Waals surface area contributed by atoms with Crippen LogP contribution in [0, 0.1) is 17.8 Å². The van der Waals surface area contributed by atoms with Crippen molar-refractivity contribution in [2.75, 3.05) is 26.7 Å². The van der Waals surface area contributed by atoms with Gasteiger partial charge < -0.3 is 10.2 Å². The van der Waals surface area contributed by atoms with Crippen LogP contribution >= 0.6 is 0 Å². The molecule has 0 aromatic carbocycles. The maximum absolute atomic E-state index is 4.41. The van der Waals surface area contributed by atoms with Gasteiger partial charge in [0.1, 0.15) is 0 Å². The summed E-state index contributed by atoms with van der Waals surface area (Å²) in [6, 6.07) is 0. The Kier molecular flexibility index (Phi) is 6.51. The third-order valence-corrected chi connectivity index (χ3v) is 3.61. The van der Waals surface area contributed by atoms with Crippen LogP contribution in [-0.4, -0.2) is 37.5 Å². The molecule has 1 aliphatic heterocycles. The summed E-state index contributed by atoms with van der Waals surface area (Å²) < 4.78 is 0. The number of hydrogen-bond donors (Lipinski definition) is 1. The standard InChI is InChI=1S/C15H31N3/c1-12(2)6-8-17-15(16-5)18-9-7-14(11-18)10-13(3)4/h12-14H,6-11H2,1-5H3,(H,16,17). The fourth-order valence-corrected chi connectivity index (χ4v) is 2.69. The molecule has 1 rings (SSSR count). The van der Waals surface area contributed by atoms with Crippen LogP contribution in [-0.2, 0) is 0 Å². The molecular weight excluding hydrogens is 222 g/mol. The van der Waals surface area contributed by atoms with E-state index in [1.807, 2.05) is 7.05 Å². The molecule has 0 saturated carbocycles. The summed E-state index contributed by atoms with van der Waals surface area (Å²) in [4.78, 5) is 6.84. The van der Waals surface area contributed by atoms with Gasteiger partial charge in [0.15, 0.2) is 5.96 Å². The van der Waals surface area contributed by atoms with Gasteiger partial charge in [-0.05, 0) is 37.0 Å². The maximum atomic E-state index is 4.41. The van der Waals surface area contributed by atoms with E-state index < -0.39 is 0 Å². The first-order valence-corrected chi connectivity index (χ1v) is 7.48. The molecule has 0 spiro atoms. The molecule has 1 heterocycles. The Morgan fingerprint density at radius 2 is 2.00 bits per heavy atom. The summed E-state index contributed by atoms with van der Waals surface area (Å²) in [5.74, 6) is 3.52. The van der Waals surface area contributed by atoms with E-state index in [1.165, 1.54) is 32.4 Å². The molecule has 0 radical (unpaired) electrons. The molecule has 106 valence electrons. The fraction of sp³-hybridized carbons (Fsp3) is 0.933. The highest BCUT2D eigenvalue weighted by molar-refractivity contribution is 5.80. The first-order chi connectivity index (χ1) is 8.52. The quantitative estimate of drug-likeness (QED) is 0.602. The lowest BCUT2D eigenvalue weighted by Gasteiger charge is -2.22. The molecule has 1 atom stereocenters. The second-order valence-corrected chi connectivity index (χ2v) is 6.39. The minimum Gasteiger partial charge on any atom is -0.356 e. The van der Waals surface area contributed by atoms with Crippen LogP contribution in [0.3, 0.4) is 0 Å². The van der Waals surface area contributed by atoms with E-state index >= 15 is 0 Å². The summed E-state index contributed by atoms with van der Waals surface area (Å²) in [5.41, 5.74) is 0. The topological polar surface area (TPSA) is 27.6 Å². The molecule has 3 nitrogen and oxygen atoms in total. The van der Waals surface area contributed by atoms with Crippen LogP contribution < -0.4 is 5.32 Å². The first-order valence-electron chi connectivity index (χ1n) is 7.48. The summed E-state index contributed by atoms with van der Waals surface area (Å²) in [6.45, 7) is 12.5. The van der Waals surface area contributed by atoms with Crippen LogP contribution in [0.2, 0.25) is 0 Å². The highest BCUT2D eigenvalue weighted by Gasteiger charge is 2.25. The molecule has 1 saturated heterocycles. The van der Waals surface area contributed by atoms with E-state index in [1.54, 1.807) is 0 Å². The minimum absolute atomic E-state index is 0.753. The number of nitrogens with one attached hydrogen (secondary N) is 1. The Hall–Kier alpha value is -0.730. The van der Waals surface area contributed by atoms with E-state index in [4.69, 9.17) is 0 Å². The van der Waals surface area contributed by atoms with Crippen molar-refractivity contribution >= 4 is 5.96 Å². The Balaban J connectivity index is 2.34. The van der Waals surface area contributed by atoms with E-state index in [9.17, 15) is 0 Å². The lowest BCUT2D eigenvalue weighted by molar-refractivity contribution is 0.402. The minimum atomic E-state index is 0.753. The number of rotatable bonds is 5. The zero-order chi connectivity index (χ0) is 13.5. The largest absolute Gasteiger partial charge is 0.356 e. The molecule has 0 aromatic heterocycles. The van der Waals surface area contributed by atoms with Gasteiger partial charge in [0.25, 0.3) is 0 Å². The van der Waals surface area contributed by atoms with Crippen LogP contribution in [0.5, 0.6) is 0 Å². The molecule has 1 fully saturated rings. The van der Waals surface area contributed by atoms with Crippen molar-refractivity contribution in [2.24, 2.45) is 22.7 Å². The van der Waals surface area contributed by atoms with Gasteiger partial charge >= 0.3 is 0 Å². The Morgan fingerprint density at radius 1 is 1.28 bits per heavy atom. The maximum Gasteiger partial charge on any atom is 0.193 e. The molecule has 1 N–H and O–H groups in total. The fourth-order valence-electron chi connectivity index (χ4n) is 2.69. The highest BCUT2D eigenvalue weighted by Crippen LogP contribution is 2.23. The van der Waals surface area contributed by atoms with Crippen molar-refractivity contribution in [1.82, 2.24) is 10.2 Å². The lowest BCUT2D eigenvalue weighted by Crippen LogP contribution is -2.40. The number of guanidine groups is 1. The lowest BCUT2D eigenvalue weighted by atomic mass is 9.97. The van der Waals surface area contributed by atoms with E-state index in [0.29, 0.717) is 0 Å². The highest BCUT2D eigenvalue weighted by atomic mass is 15.3. The van der Waals surface area contributed by atoms with Crippen molar-refractivity contribution in [2.45, 2.75) is 47.0 Å². The molecule has 0 bridgehead atoms. The van der Waals surface area contributed by atoms with Crippen molar-refractivity contribution in [3.8, 4) is 0 Å². The second kappa shape index (κ2) is 7.65. The molecular formula is C15H31N3. The van der Waals surface area contributed by atoms with Gasteiger partial charge in [-0.15, -0.1) is 0 Å². The van der Waals surface area contributed by atoms with Crippen LogP contribution in [0.1, 0.15) is 47.0 Å². The zero-order valence-corrected chi connectivity index (χ0v) is 12.9.